The summed E-state index contributed by atoms with van der Waals surface area (Å²) in [5.74, 6) is 0. The van der Waals surface area contributed by atoms with E-state index in [9.17, 15) is 0 Å². The number of nitrogens with zero attached hydrogens (tertiary/aromatic N) is 2. The second-order valence-electron chi connectivity index (χ2n) is 4.33. The van der Waals surface area contributed by atoms with Crippen molar-refractivity contribution >= 4 is 11.3 Å². The van der Waals surface area contributed by atoms with Crippen molar-refractivity contribution in [3.8, 4) is 16.3 Å². The average molecular weight is 269 g/mol. The summed E-state index contributed by atoms with van der Waals surface area (Å²) in [4.78, 5) is 5.52. The molecular weight excluding hydrogens is 254 g/mol. The maximum absolute atomic E-state index is 4.28. The molecule has 0 unspecified atom stereocenters. The highest BCUT2D eigenvalue weighted by atomic mass is 32.1. The Morgan fingerprint density at radius 2 is 2.21 bits per heavy atom. The monoisotopic (exact) mass is 269 g/mol. The van der Waals surface area contributed by atoms with Gasteiger partial charge in [-0.05, 0) is 36.2 Å². The highest BCUT2D eigenvalue weighted by Gasteiger charge is 2.07. The zero-order chi connectivity index (χ0) is 13.1. The van der Waals surface area contributed by atoms with Gasteiger partial charge < -0.3 is 5.32 Å². The van der Waals surface area contributed by atoms with Crippen molar-refractivity contribution in [2.75, 3.05) is 7.05 Å². The van der Waals surface area contributed by atoms with Crippen molar-refractivity contribution in [2.45, 2.75) is 6.54 Å². The van der Waals surface area contributed by atoms with Crippen LogP contribution in [0.5, 0.6) is 0 Å². The molecule has 0 fully saturated rings. The van der Waals surface area contributed by atoms with E-state index in [0.717, 1.165) is 17.9 Å². The van der Waals surface area contributed by atoms with Gasteiger partial charge in [0.1, 0.15) is 0 Å². The third-order valence-electron chi connectivity index (χ3n) is 2.98. The summed E-state index contributed by atoms with van der Waals surface area (Å²) >= 11 is 1.73. The highest BCUT2D eigenvalue weighted by molar-refractivity contribution is 7.13. The fraction of sp³-hybridized carbons (Fsp3) is 0.133. The van der Waals surface area contributed by atoms with Gasteiger partial charge in [0.05, 0.1) is 23.1 Å². The van der Waals surface area contributed by atoms with Crippen LogP contribution in [0.4, 0.5) is 0 Å². The number of benzene rings is 1. The zero-order valence-electron chi connectivity index (χ0n) is 10.7. The molecule has 1 aromatic carbocycles. The Labute approximate surface area is 116 Å². The van der Waals surface area contributed by atoms with Gasteiger partial charge >= 0.3 is 0 Å². The fourth-order valence-corrected chi connectivity index (χ4v) is 2.86. The maximum Gasteiger partial charge on any atom is 0.0997 e. The zero-order valence-corrected chi connectivity index (χ0v) is 11.5. The van der Waals surface area contributed by atoms with Crippen LogP contribution in [0.1, 0.15) is 5.56 Å². The van der Waals surface area contributed by atoms with Gasteiger partial charge in [-0.2, -0.15) is 0 Å². The van der Waals surface area contributed by atoms with Crippen LogP contribution in [0.25, 0.3) is 16.3 Å². The van der Waals surface area contributed by atoms with E-state index in [1.54, 1.807) is 11.3 Å². The summed E-state index contributed by atoms with van der Waals surface area (Å²) in [6.07, 6.45) is 3.78. The molecular formula is C15H15N3S. The quantitative estimate of drug-likeness (QED) is 0.787. The molecule has 3 aromatic rings. The van der Waals surface area contributed by atoms with Crippen molar-refractivity contribution < 1.29 is 0 Å². The van der Waals surface area contributed by atoms with Crippen LogP contribution in [-0.2, 0) is 6.54 Å². The van der Waals surface area contributed by atoms with Gasteiger partial charge in [-0.1, -0.05) is 18.2 Å². The summed E-state index contributed by atoms with van der Waals surface area (Å²) in [7, 11) is 1.96. The number of hydrogen-bond acceptors (Lipinski definition) is 3. The minimum Gasteiger partial charge on any atom is -0.316 e. The third kappa shape index (κ3) is 2.45. The van der Waals surface area contributed by atoms with Crippen LogP contribution in [0.2, 0.25) is 0 Å². The molecule has 4 heteroatoms. The molecule has 0 saturated carbocycles. The molecule has 0 spiro atoms. The van der Waals surface area contributed by atoms with E-state index in [-0.39, 0.29) is 0 Å². The molecule has 1 N–H and O–H groups in total. The first-order valence-electron chi connectivity index (χ1n) is 6.18. The minimum absolute atomic E-state index is 0.872. The standard InChI is InChI=1S/C15H15N3S/c1-16-9-12-4-2-5-13(8-12)18-11-17-10-14(18)15-6-3-7-19-15/h2-8,10-11,16H,9H2,1H3. The molecule has 3 rings (SSSR count). The Morgan fingerprint density at radius 3 is 3.00 bits per heavy atom. The first-order valence-corrected chi connectivity index (χ1v) is 7.06. The fourth-order valence-electron chi connectivity index (χ4n) is 2.13. The SMILES string of the molecule is CNCc1cccc(-n2cncc2-c2cccs2)c1. The molecule has 0 aliphatic rings. The molecule has 96 valence electrons. The largest absolute Gasteiger partial charge is 0.316 e. The lowest BCUT2D eigenvalue weighted by molar-refractivity contribution is 0.816. The summed E-state index contributed by atoms with van der Waals surface area (Å²) in [6, 6.07) is 12.7. The lowest BCUT2D eigenvalue weighted by atomic mass is 10.2. The van der Waals surface area contributed by atoms with Gasteiger partial charge in [0.15, 0.2) is 0 Å². The summed E-state index contributed by atoms with van der Waals surface area (Å²) in [5.41, 5.74) is 3.55. The van der Waals surface area contributed by atoms with Crippen LogP contribution >= 0.6 is 11.3 Å². The van der Waals surface area contributed by atoms with E-state index in [2.05, 4.69) is 56.6 Å². The third-order valence-corrected chi connectivity index (χ3v) is 3.87. The minimum atomic E-state index is 0.872. The summed E-state index contributed by atoms with van der Waals surface area (Å²) < 4.78 is 2.13. The molecule has 0 aliphatic carbocycles. The molecule has 0 aliphatic heterocycles. The number of aromatic nitrogens is 2. The van der Waals surface area contributed by atoms with E-state index >= 15 is 0 Å². The lowest BCUT2D eigenvalue weighted by Gasteiger charge is -2.09. The predicted octanol–water partition coefficient (Wildman–Crippen LogP) is 3.32. The molecule has 2 aromatic heterocycles. The van der Waals surface area contributed by atoms with Crippen molar-refractivity contribution in [3.05, 3.63) is 59.9 Å². The van der Waals surface area contributed by atoms with Crippen molar-refractivity contribution in [1.29, 1.82) is 0 Å². The van der Waals surface area contributed by atoms with Crippen LogP contribution in [0.3, 0.4) is 0 Å². The number of thiophene rings is 1. The first-order chi connectivity index (χ1) is 9.38. The molecule has 0 bridgehead atoms. The Kier molecular flexibility index (Phi) is 3.44. The Balaban J connectivity index is 2.03. The molecule has 19 heavy (non-hydrogen) atoms. The second kappa shape index (κ2) is 5.38. The number of nitrogens with one attached hydrogen (secondary N) is 1. The smallest absolute Gasteiger partial charge is 0.0997 e. The predicted molar refractivity (Wildman–Crippen MR) is 79.6 cm³/mol. The van der Waals surface area contributed by atoms with Gasteiger partial charge in [-0.25, -0.2) is 4.98 Å². The van der Waals surface area contributed by atoms with E-state index < -0.39 is 0 Å². The van der Waals surface area contributed by atoms with Crippen LogP contribution < -0.4 is 5.32 Å². The Bertz CT molecular complexity index is 656. The molecule has 3 nitrogen and oxygen atoms in total. The van der Waals surface area contributed by atoms with Crippen molar-refractivity contribution in [2.24, 2.45) is 0 Å². The van der Waals surface area contributed by atoms with E-state index in [0.29, 0.717) is 0 Å². The van der Waals surface area contributed by atoms with Gasteiger partial charge in [0.2, 0.25) is 0 Å². The van der Waals surface area contributed by atoms with Gasteiger partial charge in [0, 0.05) is 12.2 Å². The molecule has 0 atom stereocenters. The summed E-state index contributed by atoms with van der Waals surface area (Å²) in [6.45, 7) is 0.872. The lowest BCUT2D eigenvalue weighted by Crippen LogP contribution is -2.05. The number of hydrogen-bond donors (Lipinski definition) is 1. The second-order valence-corrected chi connectivity index (χ2v) is 5.27. The van der Waals surface area contributed by atoms with Crippen molar-refractivity contribution in [1.82, 2.24) is 14.9 Å². The van der Waals surface area contributed by atoms with E-state index in [1.165, 1.54) is 10.4 Å². The molecule has 0 amide bonds. The van der Waals surface area contributed by atoms with Crippen LogP contribution in [-0.4, -0.2) is 16.6 Å². The Hall–Kier alpha value is -1.91. The van der Waals surface area contributed by atoms with Gasteiger partial charge in [-0.3, -0.25) is 4.57 Å². The number of rotatable bonds is 4. The van der Waals surface area contributed by atoms with E-state index in [4.69, 9.17) is 0 Å². The highest BCUT2D eigenvalue weighted by Crippen LogP contribution is 2.26. The maximum atomic E-state index is 4.28. The molecule has 0 saturated heterocycles. The van der Waals surface area contributed by atoms with E-state index in [1.807, 2.05) is 19.6 Å². The molecule has 2 heterocycles. The van der Waals surface area contributed by atoms with Gasteiger partial charge in [0.25, 0.3) is 0 Å². The molecule has 0 radical (unpaired) electrons. The van der Waals surface area contributed by atoms with Crippen LogP contribution in [0.15, 0.2) is 54.3 Å². The van der Waals surface area contributed by atoms with Gasteiger partial charge in [-0.15, -0.1) is 11.3 Å². The topological polar surface area (TPSA) is 29.9 Å². The first kappa shape index (κ1) is 12.1. The summed E-state index contributed by atoms with van der Waals surface area (Å²) in [5, 5.41) is 5.26. The number of imidazole rings is 1. The Morgan fingerprint density at radius 1 is 1.26 bits per heavy atom. The van der Waals surface area contributed by atoms with Crippen LogP contribution in [0, 0.1) is 0 Å². The average Bonchev–Trinajstić information content (AvgIpc) is 3.10. The normalized spacial score (nSPS) is 10.8. The van der Waals surface area contributed by atoms with Crippen molar-refractivity contribution in [3.63, 3.8) is 0 Å².